The molecule has 1 saturated heterocycles. The fourth-order valence-corrected chi connectivity index (χ4v) is 13.0. The van der Waals surface area contributed by atoms with Crippen molar-refractivity contribution in [3.63, 3.8) is 0 Å². The molecule has 0 amide bonds. The summed E-state index contributed by atoms with van der Waals surface area (Å²) in [5.74, 6) is -3.82. The van der Waals surface area contributed by atoms with Crippen molar-refractivity contribution in [2.75, 3.05) is 59.5 Å². The molecule has 0 radical (unpaired) electrons. The van der Waals surface area contributed by atoms with Crippen LogP contribution in [0.3, 0.4) is 0 Å². The minimum absolute atomic E-state index is 0.0284. The third-order valence-electron chi connectivity index (χ3n) is 15.1. The van der Waals surface area contributed by atoms with Crippen molar-refractivity contribution < 1.29 is 58.2 Å². The van der Waals surface area contributed by atoms with Gasteiger partial charge in [0.05, 0.1) is 27.4 Å². The summed E-state index contributed by atoms with van der Waals surface area (Å²) < 4.78 is 23.9. The van der Waals surface area contributed by atoms with Crippen LogP contribution in [0.5, 0.6) is 5.75 Å². The Hall–Kier alpha value is -5.97. The first-order valence-electron chi connectivity index (χ1n) is 22.1. The number of H-pyrrole nitrogens is 1. The van der Waals surface area contributed by atoms with E-state index in [2.05, 4.69) is 58.1 Å². The fourth-order valence-electron chi connectivity index (χ4n) is 13.0. The highest BCUT2D eigenvalue weighted by molar-refractivity contribution is 5.95. The molecule has 16 heteroatoms. The maximum Gasteiger partial charge on any atom is 0.344 e. The molecule has 2 unspecified atom stereocenters. The summed E-state index contributed by atoms with van der Waals surface area (Å²) in [6, 6.07) is 11.2. The average Bonchev–Trinajstić information content (AvgIpc) is 3.94. The van der Waals surface area contributed by atoms with Crippen LogP contribution in [0.2, 0.25) is 0 Å². The number of aromatic amines is 1. The SMILES string of the molecule is CCC1=CC2CN(C1)Cc1c([nH]c3ccccc13)[C@@](C(=O)OC)(c1cc3c(cc1OC)N(C)[C@H]1[C@@](O)(C(=O)OC)[C@H](OC(C)=O)[C@]4(CC)C=CCN5CC[C@]31[C@@H]54)C2.O=C(O)/C=C\C(=O)O. The van der Waals surface area contributed by atoms with Gasteiger partial charge in [-0.2, -0.15) is 0 Å². The number of hydrogen-bond acceptors (Lipinski definition) is 13. The molecule has 2 aromatic carbocycles. The van der Waals surface area contributed by atoms with E-state index in [9.17, 15) is 24.3 Å². The lowest BCUT2D eigenvalue weighted by atomic mass is 9.47. The van der Waals surface area contributed by atoms with Crippen molar-refractivity contribution in [1.82, 2.24) is 14.8 Å². The number of methoxy groups -OCH3 is 3. The highest BCUT2D eigenvalue weighted by atomic mass is 16.6. The number of anilines is 1. The summed E-state index contributed by atoms with van der Waals surface area (Å²) in [5, 5.41) is 30.0. The molecule has 1 aliphatic carbocycles. The van der Waals surface area contributed by atoms with Crippen LogP contribution in [0.25, 0.3) is 10.9 Å². The quantitative estimate of drug-likeness (QED) is 0.101. The van der Waals surface area contributed by atoms with Crippen molar-refractivity contribution in [2.45, 2.75) is 87.6 Å². The Morgan fingerprint density at radius 2 is 1.65 bits per heavy atom. The van der Waals surface area contributed by atoms with Gasteiger partial charge in [0.2, 0.25) is 5.60 Å². The second kappa shape index (κ2) is 16.8. The maximum absolute atomic E-state index is 15.2. The maximum atomic E-state index is 15.2. The number of hydrogen-bond donors (Lipinski definition) is 4. The Balaban J connectivity index is 0.000000660. The molecule has 1 aromatic heterocycles. The molecule has 2 bridgehead atoms. The van der Waals surface area contributed by atoms with Gasteiger partial charge < -0.3 is 44.2 Å². The fraction of sp³-hybridized carbons (Fsp3) is 0.490. The summed E-state index contributed by atoms with van der Waals surface area (Å²) in [7, 11) is 6.22. The highest BCUT2D eigenvalue weighted by Gasteiger charge is 2.80. The summed E-state index contributed by atoms with van der Waals surface area (Å²) >= 11 is 0. The van der Waals surface area contributed by atoms with E-state index in [1.165, 1.54) is 26.7 Å². The molecular weight excluding hydrogens is 837 g/mol. The van der Waals surface area contributed by atoms with Crippen molar-refractivity contribution in [2.24, 2.45) is 11.3 Å². The molecule has 6 heterocycles. The second-order valence-corrected chi connectivity index (χ2v) is 18.2. The molecule has 9 rings (SSSR count). The number of fused-ring (bicyclic) bond motifs is 6. The van der Waals surface area contributed by atoms with Crippen LogP contribution < -0.4 is 9.64 Å². The molecule has 2 fully saturated rings. The first-order valence-corrected chi connectivity index (χ1v) is 22.1. The van der Waals surface area contributed by atoms with Crippen molar-refractivity contribution >= 4 is 46.4 Å². The number of aromatic nitrogens is 1. The van der Waals surface area contributed by atoms with E-state index in [1.807, 2.05) is 37.1 Å². The molecule has 16 nitrogen and oxygen atoms in total. The molecule has 6 aliphatic rings. The Labute approximate surface area is 377 Å². The number of carboxylic acids is 2. The number of benzene rings is 2. The number of aliphatic carboxylic acids is 2. The van der Waals surface area contributed by atoms with Gasteiger partial charge in [-0.3, -0.25) is 19.4 Å². The Bertz CT molecular complexity index is 2530. The molecule has 3 aromatic rings. The van der Waals surface area contributed by atoms with Crippen LogP contribution in [0, 0.1) is 11.3 Å². The molecule has 4 N–H and O–H groups in total. The largest absolute Gasteiger partial charge is 0.496 e. The first kappa shape index (κ1) is 45.6. The van der Waals surface area contributed by atoms with Crippen LogP contribution in [0.4, 0.5) is 5.69 Å². The van der Waals surface area contributed by atoms with Crippen LogP contribution in [-0.2, 0) is 55.6 Å². The van der Waals surface area contributed by atoms with Gasteiger partial charge in [-0.15, -0.1) is 0 Å². The number of likely N-dealkylation sites (N-methyl/N-ethyl adjacent to an activating group) is 1. The summed E-state index contributed by atoms with van der Waals surface area (Å²) in [4.78, 5) is 72.2. The monoisotopic (exact) mass is 894 g/mol. The van der Waals surface area contributed by atoms with E-state index in [-0.39, 0.29) is 17.9 Å². The molecule has 346 valence electrons. The Morgan fingerprint density at radius 1 is 0.938 bits per heavy atom. The lowest BCUT2D eigenvalue weighted by Crippen LogP contribution is -2.81. The van der Waals surface area contributed by atoms with E-state index in [0.29, 0.717) is 62.4 Å². The molecule has 65 heavy (non-hydrogen) atoms. The number of rotatable bonds is 9. The van der Waals surface area contributed by atoms with Gasteiger partial charge in [-0.05, 0) is 61.4 Å². The third kappa shape index (κ3) is 6.69. The van der Waals surface area contributed by atoms with E-state index in [0.717, 1.165) is 52.9 Å². The smallest absolute Gasteiger partial charge is 0.344 e. The number of para-hydroxylation sites is 1. The number of esters is 3. The predicted octanol–water partition coefficient (Wildman–Crippen LogP) is 4.47. The molecular formula is C49H58N4O12. The molecule has 5 aliphatic heterocycles. The number of aliphatic hydroxyl groups is 1. The summed E-state index contributed by atoms with van der Waals surface area (Å²) in [6.07, 6.45) is 8.79. The van der Waals surface area contributed by atoms with Crippen molar-refractivity contribution in [3.05, 3.63) is 94.7 Å². The number of nitrogens with zero attached hydrogens (tertiary/aromatic N) is 3. The Morgan fingerprint density at radius 3 is 2.28 bits per heavy atom. The van der Waals surface area contributed by atoms with Crippen LogP contribution in [0.1, 0.15) is 68.8 Å². The standard InChI is InChI=1S/C45H54N4O8.C4H4O4/c1-8-27-19-28-22-44(40(51)55-6,36-30(25-48(23-27)24-28)29-13-10-11-14-33(29)46-36)32-20-31-34(21-35(32)54-5)47(4)38-43(31)16-18-49-17-12-15-42(9-2,37(43)49)39(57-26(3)50)45(38,53)41(52)56-7;5-3(6)1-2-4(7)8/h10-15,19-21,28,37-39,46,53H,8-9,16-18,22-25H2,1-7H3;1-2H,(H,5,6)(H,7,8)/b;2-1-/t28?,37-,38+,39+,42+,43+,44-,45-;/m0./s1. The van der Waals surface area contributed by atoms with Crippen molar-refractivity contribution in [1.29, 1.82) is 0 Å². The minimum Gasteiger partial charge on any atom is -0.496 e. The van der Waals surface area contributed by atoms with Gasteiger partial charge in [0.15, 0.2) is 6.10 Å². The number of carbonyl (C=O) groups excluding carboxylic acids is 3. The third-order valence-corrected chi connectivity index (χ3v) is 15.1. The summed E-state index contributed by atoms with van der Waals surface area (Å²) in [5.41, 5.74) is 1.05. The first-order chi connectivity index (χ1) is 31.0. The molecule has 9 atom stereocenters. The topological polar surface area (TPSA) is 208 Å². The molecule has 1 saturated carbocycles. The zero-order valence-electron chi connectivity index (χ0n) is 37.9. The van der Waals surface area contributed by atoms with Crippen molar-refractivity contribution in [3.8, 4) is 5.75 Å². The van der Waals surface area contributed by atoms with Gasteiger partial charge in [0.25, 0.3) is 0 Å². The second-order valence-electron chi connectivity index (χ2n) is 18.2. The van der Waals surface area contributed by atoms with E-state index >= 15 is 4.79 Å². The van der Waals surface area contributed by atoms with E-state index in [1.54, 1.807) is 7.11 Å². The van der Waals surface area contributed by atoms with Gasteiger partial charge in [0.1, 0.15) is 11.2 Å². The number of carboxylic acid groups (broad SMARTS) is 2. The minimum atomic E-state index is -2.27. The zero-order valence-corrected chi connectivity index (χ0v) is 37.9. The van der Waals surface area contributed by atoms with Gasteiger partial charge in [0, 0.05) is 103 Å². The lowest BCUT2D eigenvalue weighted by Gasteiger charge is -2.63. The molecule has 1 spiro atoms. The predicted molar refractivity (Wildman–Crippen MR) is 238 cm³/mol. The number of carbonyl (C=O) groups is 5. The average molecular weight is 895 g/mol. The summed E-state index contributed by atoms with van der Waals surface area (Å²) in [6.45, 7) is 9.19. The van der Waals surface area contributed by atoms with E-state index < -0.39 is 57.9 Å². The highest BCUT2D eigenvalue weighted by Crippen LogP contribution is 2.68. The van der Waals surface area contributed by atoms with Crippen LogP contribution in [0.15, 0.2) is 72.4 Å². The van der Waals surface area contributed by atoms with Gasteiger partial charge >= 0.3 is 29.8 Å². The normalized spacial score (nSPS) is 31.8. The van der Waals surface area contributed by atoms with Crippen LogP contribution in [-0.4, -0.2) is 138 Å². The van der Waals surface area contributed by atoms with Gasteiger partial charge in [-0.1, -0.05) is 55.8 Å². The number of nitrogens with one attached hydrogen (secondary N) is 1. The number of ether oxygens (including phenoxy) is 4. The van der Waals surface area contributed by atoms with E-state index in [4.69, 9.17) is 29.2 Å². The van der Waals surface area contributed by atoms with Crippen LogP contribution >= 0.6 is 0 Å². The lowest BCUT2D eigenvalue weighted by molar-refractivity contribution is -0.228. The zero-order chi connectivity index (χ0) is 46.8. The Kier molecular flexibility index (Phi) is 11.8. The van der Waals surface area contributed by atoms with Gasteiger partial charge in [-0.25, -0.2) is 14.4 Å².